The van der Waals surface area contributed by atoms with Gasteiger partial charge in [0.15, 0.2) is 0 Å². The number of pyridine rings is 1. The Morgan fingerprint density at radius 3 is 2.75 bits per heavy atom. The van der Waals surface area contributed by atoms with E-state index in [1.165, 1.54) is 0 Å². The van der Waals surface area contributed by atoms with Crippen LogP contribution in [0.4, 0.5) is 0 Å². The van der Waals surface area contributed by atoms with Crippen molar-refractivity contribution in [2.75, 3.05) is 0 Å². The molecule has 0 aliphatic heterocycles. The predicted octanol–water partition coefficient (Wildman–Crippen LogP) is 3.02. The highest BCUT2D eigenvalue weighted by Crippen LogP contribution is 2.24. The van der Waals surface area contributed by atoms with Crippen molar-refractivity contribution in [3.8, 4) is 0 Å². The molecule has 1 heterocycles. The monoisotopic (exact) mass is 292 g/mol. The first-order valence-corrected chi connectivity index (χ1v) is 5.30. The van der Waals surface area contributed by atoms with Crippen LogP contribution in [0.25, 0.3) is 0 Å². The molecule has 1 atom stereocenters. The van der Waals surface area contributed by atoms with Crippen molar-refractivity contribution >= 4 is 31.9 Å². The van der Waals surface area contributed by atoms with Gasteiger partial charge in [-0.05, 0) is 44.3 Å². The van der Waals surface area contributed by atoms with Gasteiger partial charge in [-0.3, -0.25) is 4.98 Å². The summed E-state index contributed by atoms with van der Waals surface area (Å²) >= 11 is 6.75. The highest BCUT2D eigenvalue weighted by Gasteiger charge is 2.08. The van der Waals surface area contributed by atoms with Crippen molar-refractivity contribution < 1.29 is 0 Å². The minimum absolute atomic E-state index is 0.0208. The molecule has 0 fully saturated rings. The first kappa shape index (κ1) is 10.2. The molecule has 0 aromatic carbocycles. The van der Waals surface area contributed by atoms with E-state index in [1.807, 2.05) is 13.0 Å². The van der Waals surface area contributed by atoms with Crippen molar-refractivity contribution in [1.29, 1.82) is 0 Å². The maximum Gasteiger partial charge on any atom is 0.0713 e. The zero-order valence-corrected chi connectivity index (χ0v) is 9.89. The van der Waals surface area contributed by atoms with Gasteiger partial charge in [-0.1, -0.05) is 6.92 Å². The van der Waals surface area contributed by atoms with E-state index in [2.05, 4.69) is 36.8 Å². The van der Waals surface area contributed by atoms with Crippen LogP contribution in [0, 0.1) is 0 Å². The van der Waals surface area contributed by atoms with Crippen LogP contribution in [-0.4, -0.2) is 4.98 Å². The van der Waals surface area contributed by atoms with Crippen LogP contribution >= 0.6 is 31.9 Å². The topological polar surface area (TPSA) is 38.9 Å². The van der Waals surface area contributed by atoms with Crippen LogP contribution in [0.1, 0.15) is 25.1 Å². The normalized spacial score (nSPS) is 13.0. The fraction of sp³-hybridized carbons (Fsp3) is 0.375. The van der Waals surface area contributed by atoms with Gasteiger partial charge in [-0.2, -0.15) is 0 Å². The van der Waals surface area contributed by atoms with Crippen LogP contribution in [0.15, 0.2) is 21.2 Å². The number of hydrogen-bond acceptors (Lipinski definition) is 2. The van der Waals surface area contributed by atoms with Crippen molar-refractivity contribution in [3.63, 3.8) is 0 Å². The molecule has 0 aliphatic rings. The summed E-state index contributed by atoms with van der Waals surface area (Å²) in [6, 6.07) is 1.98. The van der Waals surface area contributed by atoms with E-state index in [-0.39, 0.29) is 6.04 Å². The molecule has 0 aliphatic carbocycles. The van der Waals surface area contributed by atoms with E-state index >= 15 is 0 Å². The van der Waals surface area contributed by atoms with E-state index in [0.717, 1.165) is 21.1 Å². The lowest BCUT2D eigenvalue weighted by Gasteiger charge is -2.09. The third-order valence-electron chi connectivity index (χ3n) is 1.63. The number of aromatic nitrogens is 1. The molecule has 0 saturated carbocycles. The molecule has 1 rings (SSSR count). The number of halogens is 2. The van der Waals surface area contributed by atoms with Gasteiger partial charge < -0.3 is 5.73 Å². The van der Waals surface area contributed by atoms with Crippen LogP contribution in [0.2, 0.25) is 0 Å². The van der Waals surface area contributed by atoms with Gasteiger partial charge in [0.2, 0.25) is 0 Å². The standard InChI is InChI=1S/C8H10Br2N2/c1-2-7(11)8-6(10)3-5(9)4-12-8/h3-4,7H,2,11H2,1H3. The second-order valence-electron chi connectivity index (χ2n) is 2.54. The molecule has 66 valence electrons. The highest BCUT2D eigenvalue weighted by atomic mass is 79.9. The number of nitrogens with two attached hydrogens (primary N) is 1. The molecule has 1 aromatic rings. The van der Waals surface area contributed by atoms with E-state index in [1.54, 1.807) is 6.20 Å². The van der Waals surface area contributed by atoms with Crippen molar-refractivity contribution in [3.05, 3.63) is 26.9 Å². The van der Waals surface area contributed by atoms with E-state index in [9.17, 15) is 0 Å². The Balaban J connectivity index is 3.01. The van der Waals surface area contributed by atoms with Gasteiger partial charge in [-0.15, -0.1) is 0 Å². The lowest BCUT2D eigenvalue weighted by atomic mass is 10.1. The van der Waals surface area contributed by atoms with Gasteiger partial charge in [0.25, 0.3) is 0 Å². The largest absolute Gasteiger partial charge is 0.323 e. The van der Waals surface area contributed by atoms with Crippen molar-refractivity contribution in [2.24, 2.45) is 5.73 Å². The van der Waals surface area contributed by atoms with Crippen molar-refractivity contribution in [1.82, 2.24) is 4.98 Å². The third kappa shape index (κ3) is 2.28. The van der Waals surface area contributed by atoms with Gasteiger partial charge in [0.1, 0.15) is 0 Å². The second-order valence-corrected chi connectivity index (χ2v) is 4.31. The van der Waals surface area contributed by atoms with Gasteiger partial charge >= 0.3 is 0 Å². The molecule has 12 heavy (non-hydrogen) atoms. The Morgan fingerprint density at radius 1 is 1.58 bits per heavy atom. The van der Waals surface area contributed by atoms with E-state index < -0.39 is 0 Å². The first-order chi connectivity index (χ1) is 5.65. The summed E-state index contributed by atoms with van der Waals surface area (Å²) in [5.74, 6) is 0. The molecule has 0 spiro atoms. The van der Waals surface area contributed by atoms with Gasteiger partial charge in [-0.25, -0.2) is 0 Å². The summed E-state index contributed by atoms with van der Waals surface area (Å²) in [7, 11) is 0. The fourth-order valence-corrected chi connectivity index (χ4v) is 2.17. The molecule has 4 heteroatoms. The minimum Gasteiger partial charge on any atom is -0.323 e. The summed E-state index contributed by atoms with van der Waals surface area (Å²) in [4.78, 5) is 4.23. The van der Waals surface area contributed by atoms with Crippen LogP contribution in [0.3, 0.4) is 0 Å². The molecular formula is C8H10Br2N2. The quantitative estimate of drug-likeness (QED) is 0.910. The fourth-order valence-electron chi connectivity index (χ4n) is 0.891. The average molecular weight is 294 g/mol. The summed E-state index contributed by atoms with van der Waals surface area (Å²) < 4.78 is 1.92. The van der Waals surface area contributed by atoms with Gasteiger partial charge in [0.05, 0.1) is 5.69 Å². The summed E-state index contributed by atoms with van der Waals surface area (Å²) in [6.07, 6.45) is 2.66. The number of hydrogen-bond donors (Lipinski definition) is 1. The zero-order chi connectivity index (χ0) is 9.14. The summed E-state index contributed by atoms with van der Waals surface area (Å²) in [5, 5.41) is 0. The Bertz CT molecular complexity index is 276. The lowest BCUT2D eigenvalue weighted by Crippen LogP contribution is -2.11. The SMILES string of the molecule is CCC(N)c1ncc(Br)cc1Br. The van der Waals surface area contributed by atoms with Crippen LogP contribution in [-0.2, 0) is 0 Å². The lowest BCUT2D eigenvalue weighted by molar-refractivity contribution is 0.671. The first-order valence-electron chi connectivity index (χ1n) is 3.71. The molecule has 1 aromatic heterocycles. The summed E-state index contributed by atoms with van der Waals surface area (Å²) in [6.45, 7) is 2.04. The Labute approximate surface area is 88.8 Å². The molecular weight excluding hydrogens is 284 g/mol. The molecule has 0 amide bonds. The smallest absolute Gasteiger partial charge is 0.0713 e. The molecule has 0 radical (unpaired) electrons. The summed E-state index contributed by atoms with van der Waals surface area (Å²) in [5.41, 5.74) is 6.75. The van der Waals surface area contributed by atoms with Crippen LogP contribution in [0.5, 0.6) is 0 Å². The molecule has 2 nitrogen and oxygen atoms in total. The maximum atomic E-state index is 5.84. The number of rotatable bonds is 2. The second kappa shape index (κ2) is 4.35. The highest BCUT2D eigenvalue weighted by molar-refractivity contribution is 9.11. The Kier molecular flexibility index (Phi) is 3.68. The molecule has 0 bridgehead atoms. The molecule has 1 unspecified atom stereocenters. The predicted molar refractivity (Wildman–Crippen MR) is 56.9 cm³/mol. The van der Waals surface area contributed by atoms with Crippen molar-refractivity contribution in [2.45, 2.75) is 19.4 Å². The zero-order valence-electron chi connectivity index (χ0n) is 6.72. The average Bonchev–Trinajstić information content (AvgIpc) is 2.03. The maximum absolute atomic E-state index is 5.84. The van der Waals surface area contributed by atoms with Crippen LogP contribution < -0.4 is 5.73 Å². The van der Waals surface area contributed by atoms with Gasteiger partial charge in [0, 0.05) is 21.2 Å². The van der Waals surface area contributed by atoms with E-state index in [4.69, 9.17) is 5.73 Å². The minimum atomic E-state index is 0.0208. The number of nitrogens with zero attached hydrogens (tertiary/aromatic N) is 1. The molecule has 0 saturated heterocycles. The third-order valence-corrected chi connectivity index (χ3v) is 2.70. The Morgan fingerprint density at radius 2 is 2.25 bits per heavy atom. The van der Waals surface area contributed by atoms with E-state index in [0.29, 0.717) is 0 Å². The Hall–Kier alpha value is 0.0700. The molecule has 2 N–H and O–H groups in total.